The molecule has 0 unspecified atom stereocenters. The molecular weight excluding hydrogens is 504 g/mol. The zero-order valence-electron chi connectivity index (χ0n) is 22.7. The Hall–Kier alpha value is -2.92. The second-order valence-corrected chi connectivity index (χ2v) is 12.1. The van der Waals surface area contributed by atoms with Gasteiger partial charge in [-0.2, -0.15) is 0 Å². The number of carbonyl (C=O) groups is 2. The molecule has 0 radical (unpaired) electrons. The summed E-state index contributed by atoms with van der Waals surface area (Å²) in [4.78, 5) is 39.4. The number of anilines is 1. The predicted molar refractivity (Wildman–Crippen MR) is 148 cm³/mol. The molecule has 3 aliphatic heterocycles. The molecule has 2 aromatic rings. The van der Waals surface area contributed by atoms with E-state index in [9.17, 15) is 9.59 Å². The normalized spacial score (nSPS) is 22.7. The maximum Gasteiger partial charge on any atom is 0.411 e. The number of rotatable bonds is 5. The van der Waals surface area contributed by atoms with Gasteiger partial charge in [-0.05, 0) is 51.5 Å². The van der Waals surface area contributed by atoms with Gasteiger partial charge in [-0.1, -0.05) is 0 Å². The third kappa shape index (κ3) is 5.73. The summed E-state index contributed by atoms with van der Waals surface area (Å²) < 4.78 is 13.1. The topological polar surface area (TPSA) is 83.4 Å². The van der Waals surface area contributed by atoms with E-state index in [2.05, 4.69) is 19.4 Å². The smallest absolute Gasteiger partial charge is 0.411 e. The average molecular weight is 543 g/mol. The van der Waals surface area contributed by atoms with Gasteiger partial charge in [0.15, 0.2) is 0 Å². The lowest BCUT2D eigenvalue weighted by Crippen LogP contribution is -2.52. The number of piperazine rings is 1. The lowest BCUT2D eigenvalue weighted by molar-refractivity contribution is -0.134. The van der Waals surface area contributed by atoms with Gasteiger partial charge in [0.25, 0.3) is 0 Å². The van der Waals surface area contributed by atoms with Gasteiger partial charge in [0.05, 0.1) is 13.0 Å². The van der Waals surface area contributed by atoms with Crippen molar-refractivity contribution >= 4 is 29.7 Å². The van der Waals surface area contributed by atoms with Crippen molar-refractivity contribution in [2.45, 2.75) is 44.9 Å². The molecule has 38 heavy (non-hydrogen) atoms. The molecule has 206 valence electrons. The maximum atomic E-state index is 13.4. The van der Waals surface area contributed by atoms with Gasteiger partial charge in [-0.3, -0.25) is 19.2 Å². The Bertz CT molecular complexity index is 1120. The molecule has 0 saturated carbocycles. The first-order chi connectivity index (χ1) is 18.2. The van der Waals surface area contributed by atoms with Crippen LogP contribution in [-0.4, -0.2) is 112 Å². The Balaban J connectivity index is 1.25. The Kier molecular flexibility index (Phi) is 7.76. The number of likely N-dealkylation sites (tertiary alicyclic amines) is 1. The molecule has 1 aromatic carbocycles. The van der Waals surface area contributed by atoms with Crippen LogP contribution >= 0.6 is 11.8 Å². The lowest BCUT2D eigenvalue weighted by Gasteiger charge is -2.38. The molecule has 11 heteroatoms. The highest BCUT2D eigenvalue weighted by Crippen LogP contribution is 2.29. The molecule has 3 aliphatic rings. The zero-order chi connectivity index (χ0) is 26.9. The highest BCUT2D eigenvalue weighted by Gasteiger charge is 2.45. The van der Waals surface area contributed by atoms with E-state index in [-0.39, 0.29) is 11.9 Å². The molecule has 1 aromatic heterocycles. The summed E-state index contributed by atoms with van der Waals surface area (Å²) in [5.74, 6) is 3.42. The highest BCUT2D eigenvalue weighted by atomic mass is 32.2. The van der Waals surface area contributed by atoms with Gasteiger partial charge in [0.2, 0.25) is 11.9 Å². The van der Waals surface area contributed by atoms with Crippen LogP contribution in [0.5, 0.6) is 5.75 Å². The summed E-state index contributed by atoms with van der Waals surface area (Å²) in [5.41, 5.74) is 0.426. The summed E-state index contributed by atoms with van der Waals surface area (Å²) in [6.07, 6.45) is 4.05. The summed E-state index contributed by atoms with van der Waals surface area (Å²) in [5, 5.41) is 0. The van der Waals surface area contributed by atoms with Gasteiger partial charge in [-0.15, -0.1) is 11.8 Å². The number of hydrogen-bond donors (Lipinski definition) is 0. The summed E-state index contributed by atoms with van der Waals surface area (Å²) >= 11 is 1.76. The zero-order valence-corrected chi connectivity index (χ0v) is 23.5. The van der Waals surface area contributed by atoms with Crippen LogP contribution in [0, 0.1) is 0 Å². The average Bonchev–Trinajstić information content (AvgIpc) is 3.68. The number of methoxy groups -OCH3 is 1. The van der Waals surface area contributed by atoms with Crippen molar-refractivity contribution in [3.8, 4) is 11.4 Å². The molecule has 5 rings (SSSR count). The van der Waals surface area contributed by atoms with Gasteiger partial charge in [0, 0.05) is 69.1 Å². The van der Waals surface area contributed by atoms with Crippen molar-refractivity contribution in [3.63, 3.8) is 0 Å². The van der Waals surface area contributed by atoms with E-state index >= 15 is 0 Å². The molecule has 4 heterocycles. The molecular formula is C27H38N6O4S. The van der Waals surface area contributed by atoms with Crippen molar-refractivity contribution in [3.05, 3.63) is 36.7 Å². The minimum absolute atomic E-state index is 0.0449. The number of thioether (sulfide) groups is 1. The molecule has 0 bridgehead atoms. The van der Waals surface area contributed by atoms with E-state index in [0.29, 0.717) is 18.8 Å². The van der Waals surface area contributed by atoms with E-state index in [1.165, 1.54) is 0 Å². The maximum absolute atomic E-state index is 13.4. The molecule has 10 nitrogen and oxygen atoms in total. The number of imidazole rings is 1. The first-order valence-corrected chi connectivity index (χ1v) is 14.4. The Labute approximate surface area is 228 Å². The second kappa shape index (κ2) is 11.1. The van der Waals surface area contributed by atoms with E-state index < -0.39 is 17.7 Å². The summed E-state index contributed by atoms with van der Waals surface area (Å²) in [7, 11) is 1.66. The van der Waals surface area contributed by atoms with Gasteiger partial charge < -0.3 is 19.3 Å². The fourth-order valence-corrected chi connectivity index (χ4v) is 6.35. The predicted octanol–water partition coefficient (Wildman–Crippen LogP) is 2.91. The molecule has 2 amide bonds. The third-order valence-corrected chi connectivity index (χ3v) is 8.31. The first-order valence-electron chi connectivity index (χ1n) is 13.3. The van der Waals surface area contributed by atoms with E-state index in [1.54, 1.807) is 23.8 Å². The standard InChI is InChI=1S/C27H38N6O4S/c1-27(2,3)37-26(35)33-18-21(17-23(33)24(34)31-15-16-38-19-31)29-11-13-30(14-12-29)25-28-9-10-32(25)20-5-7-22(36-4)8-6-20/h5-10,21,23H,11-19H2,1-4H3/t21-,23-/m0/s1. The Morgan fingerprint density at radius 2 is 1.79 bits per heavy atom. The van der Waals surface area contributed by atoms with Crippen molar-refractivity contribution < 1.29 is 19.1 Å². The van der Waals surface area contributed by atoms with Crippen molar-refractivity contribution in [2.75, 3.05) is 62.9 Å². The van der Waals surface area contributed by atoms with Crippen molar-refractivity contribution in [1.29, 1.82) is 0 Å². The minimum atomic E-state index is -0.607. The first kappa shape index (κ1) is 26.7. The van der Waals surface area contributed by atoms with Gasteiger partial charge >= 0.3 is 6.09 Å². The van der Waals surface area contributed by atoms with Gasteiger partial charge in [0.1, 0.15) is 17.4 Å². The van der Waals surface area contributed by atoms with Crippen LogP contribution in [0.15, 0.2) is 36.7 Å². The SMILES string of the molecule is COc1ccc(-n2ccnc2N2CCN([C@H]3C[C@@H](C(=O)N4CCSC4)N(C(=O)OC(C)(C)C)C3)CC2)cc1. The largest absolute Gasteiger partial charge is 0.497 e. The number of hydrogen-bond acceptors (Lipinski definition) is 8. The lowest BCUT2D eigenvalue weighted by atomic mass is 10.1. The minimum Gasteiger partial charge on any atom is -0.497 e. The van der Waals surface area contributed by atoms with Crippen LogP contribution in [0.25, 0.3) is 5.69 Å². The summed E-state index contributed by atoms with van der Waals surface area (Å²) in [6, 6.07) is 7.61. The van der Waals surface area contributed by atoms with Crippen LogP contribution in [0.3, 0.4) is 0 Å². The molecule has 0 aliphatic carbocycles. The van der Waals surface area contributed by atoms with Crippen molar-refractivity contribution in [1.82, 2.24) is 24.3 Å². The highest BCUT2D eigenvalue weighted by molar-refractivity contribution is 7.99. The number of aromatic nitrogens is 2. The number of amides is 2. The number of benzene rings is 1. The molecule has 3 saturated heterocycles. The van der Waals surface area contributed by atoms with Crippen molar-refractivity contribution in [2.24, 2.45) is 0 Å². The second-order valence-electron chi connectivity index (χ2n) is 11.0. The molecule has 0 spiro atoms. The van der Waals surface area contributed by atoms with Crippen LogP contribution in [0.4, 0.5) is 10.7 Å². The fourth-order valence-electron chi connectivity index (χ4n) is 5.39. The third-order valence-electron chi connectivity index (χ3n) is 7.34. The van der Waals surface area contributed by atoms with Gasteiger partial charge in [-0.25, -0.2) is 9.78 Å². The summed E-state index contributed by atoms with van der Waals surface area (Å²) in [6.45, 7) is 10.1. The quantitative estimate of drug-likeness (QED) is 0.571. The molecule has 3 fully saturated rings. The Morgan fingerprint density at radius 1 is 1.05 bits per heavy atom. The Morgan fingerprint density at radius 3 is 2.42 bits per heavy atom. The van der Waals surface area contributed by atoms with E-state index in [1.807, 2.05) is 62.3 Å². The number of ether oxygens (including phenoxy) is 2. The van der Waals surface area contributed by atoms with E-state index in [0.717, 1.165) is 55.9 Å². The number of nitrogens with zero attached hydrogens (tertiary/aromatic N) is 6. The van der Waals surface area contributed by atoms with Crippen LogP contribution in [0.1, 0.15) is 27.2 Å². The monoisotopic (exact) mass is 542 g/mol. The van der Waals surface area contributed by atoms with Crippen LogP contribution in [-0.2, 0) is 9.53 Å². The van der Waals surface area contributed by atoms with E-state index in [4.69, 9.17) is 9.47 Å². The van der Waals surface area contributed by atoms with Crippen LogP contribution in [0.2, 0.25) is 0 Å². The van der Waals surface area contributed by atoms with Crippen LogP contribution < -0.4 is 9.64 Å². The molecule has 2 atom stereocenters. The fraction of sp³-hybridized carbons (Fsp3) is 0.593. The molecule has 0 N–H and O–H groups in total. The number of carbonyl (C=O) groups excluding carboxylic acids is 2.